The van der Waals surface area contributed by atoms with Gasteiger partial charge in [0.25, 0.3) is 0 Å². The Kier molecular flexibility index (Phi) is 1.68. The van der Waals surface area contributed by atoms with Crippen LogP contribution in [0, 0.1) is 6.92 Å². The molecule has 2 aromatic heterocycles. The summed E-state index contributed by atoms with van der Waals surface area (Å²) < 4.78 is 0. The van der Waals surface area contributed by atoms with Gasteiger partial charge < -0.3 is 0 Å². The molecule has 15 heavy (non-hydrogen) atoms. The van der Waals surface area contributed by atoms with Gasteiger partial charge in [0.05, 0.1) is 11.0 Å². The Balaban J connectivity index is 2.53. The summed E-state index contributed by atoms with van der Waals surface area (Å²) in [4.78, 5) is 8.71. The molecule has 0 aliphatic carbocycles. The van der Waals surface area contributed by atoms with Crippen molar-refractivity contribution in [2.45, 2.75) is 6.92 Å². The van der Waals surface area contributed by atoms with Crippen LogP contribution in [-0.2, 0) is 0 Å². The molecule has 1 aromatic carbocycles. The molecule has 0 spiro atoms. The third-order valence-corrected chi connectivity index (χ3v) is 2.68. The van der Waals surface area contributed by atoms with Crippen molar-refractivity contribution >= 4 is 21.8 Å². The lowest BCUT2D eigenvalue weighted by atomic mass is 10.1. The van der Waals surface area contributed by atoms with Gasteiger partial charge in [0, 0.05) is 23.2 Å². The van der Waals surface area contributed by atoms with Crippen molar-refractivity contribution in [1.29, 1.82) is 0 Å². The quantitative estimate of drug-likeness (QED) is 0.514. The molecule has 0 aliphatic rings. The summed E-state index contributed by atoms with van der Waals surface area (Å²) >= 11 is 0. The molecule has 0 saturated heterocycles. The molecule has 0 bridgehead atoms. The fraction of sp³-hybridized carbons (Fsp3) is 0.0769. The number of nitrogens with zero attached hydrogens (tertiary/aromatic N) is 2. The number of rotatable bonds is 0. The molecular weight excluding hydrogens is 184 g/mol. The standard InChI is InChI=1S/C13H10N2/c1-9-4-6-15-13-7-10-3-2-5-14-12(10)8-11(9)13/h2-8H,1H3. The summed E-state index contributed by atoms with van der Waals surface area (Å²) in [5.41, 5.74) is 3.31. The third-order valence-electron chi connectivity index (χ3n) is 2.68. The zero-order valence-electron chi connectivity index (χ0n) is 8.44. The number of hydrogen-bond donors (Lipinski definition) is 0. The average Bonchev–Trinajstić information content (AvgIpc) is 2.27. The Labute approximate surface area is 87.6 Å². The predicted octanol–water partition coefficient (Wildman–Crippen LogP) is 3.09. The Morgan fingerprint density at radius 3 is 2.73 bits per heavy atom. The first-order valence-electron chi connectivity index (χ1n) is 4.95. The second-order valence-electron chi connectivity index (χ2n) is 3.69. The third kappa shape index (κ3) is 1.26. The van der Waals surface area contributed by atoms with E-state index in [2.05, 4.69) is 35.1 Å². The summed E-state index contributed by atoms with van der Waals surface area (Å²) in [6.07, 6.45) is 3.67. The molecule has 2 heterocycles. The molecule has 0 amide bonds. The molecule has 2 nitrogen and oxygen atoms in total. The first kappa shape index (κ1) is 8.36. The van der Waals surface area contributed by atoms with Crippen LogP contribution in [0.2, 0.25) is 0 Å². The Morgan fingerprint density at radius 2 is 1.80 bits per heavy atom. The van der Waals surface area contributed by atoms with Gasteiger partial charge in [-0.05, 0) is 36.8 Å². The van der Waals surface area contributed by atoms with Gasteiger partial charge in [-0.25, -0.2) is 0 Å². The highest BCUT2D eigenvalue weighted by molar-refractivity contribution is 5.95. The van der Waals surface area contributed by atoms with E-state index < -0.39 is 0 Å². The van der Waals surface area contributed by atoms with Gasteiger partial charge in [-0.1, -0.05) is 6.07 Å². The number of fused-ring (bicyclic) bond motifs is 2. The van der Waals surface area contributed by atoms with Crippen molar-refractivity contribution in [1.82, 2.24) is 9.97 Å². The molecule has 0 radical (unpaired) electrons. The predicted molar refractivity (Wildman–Crippen MR) is 61.8 cm³/mol. The van der Waals surface area contributed by atoms with Crippen LogP contribution in [0.1, 0.15) is 5.56 Å². The number of benzene rings is 1. The van der Waals surface area contributed by atoms with Crippen LogP contribution in [0.15, 0.2) is 42.7 Å². The maximum atomic E-state index is 4.36. The first-order chi connectivity index (χ1) is 7.34. The zero-order valence-corrected chi connectivity index (χ0v) is 8.44. The van der Waals surface area contributed by atoms with E-state index in [9.17, 15) is 0 Å². The summed E-state index contributed by atoms with van der Waals surface area (Å²) in [5.74, 6) is 0. The molecule has 3 rings (SSSR count). The molecule has 0 saturated carbocycles. The highest BCUT2D eigenvalue weighted by atomic mass is 14.7. The molecule has 0 N–H and O–H groups in total. The van der Waals surface area contributed by atoms with E-state index in [4.69, 9.17) is 0 Å². The SMILES string of the molecule is Cc1ccnc2cc3cccnc3cc12. The number of hydrogen-bond acceptors (Lipinski definition) is 2. The minimum Gasteiger partial charge on any atom is -0.256 e. The van der Waals surface area contributed by atoms with Crippen molar-refractivity contribution in [3.8, 4) is 0 Å². The lowest BCUT2D eigenvalue weighted by Crippen LogP contribution is -1.84. The highest BCUT2D eigenvalue weighted by Crippen LogP contribution is 2.21. The molecule has 0 fully saturated rings. The van der Waals surface area contributed by atoms with Gasteiger partial charge >= 0.3 is 0 Å². The van der Waals surface area contributed by atoms with Gasteiger partial charge in [0.15, 0.2) is 0 Å². The van der Waals surface area contributed by atoms with Gasteiger partial charge in [-0.15, -0.1) is 0 Å². The number of pyridine rings is 2. The Morgan fingerprint density at radius 1 is 0.933 bits per heavy atom. The summed E-state index contributed by atoms with van der Waals surface area (Å²) in [6, 6.07) is 10.2. The number of aryl methyl sites for hydroxylation is 1. The summed E-state index contributed by atoms with van der Waals surface area (Å²) in [6.45, 7) is 2.10. The van der Waals surface area contributed by atoms with E-state index in [1.165, 1.54) is 10.9 Å². The second kappa shape index (κ2) is 3.02. The topological polar surface area (TPSA) is 25.8 Å². The largest absolute Gasteiger partial charge is 0.256 e. The number of aromatic nitrogens is 2. The van der Waals surface area contributed by atoms with Crippen LogP contribution in [0.4, 0.5) is 0 Å². The highest BCUT2D eigenvalue weighted by Gasteiger charge is 2.00. The zero-order chi connectivity index (χ0) is 10.3. The van der Waals surface area contributed by atoms with E-state index in [1.807, 2.05) is 24.5 Å². The van der Waals surface area contributed by atoms with E-state index in [-0.39, 0.29) is 0 Å². The van der Waals surface area contributed by atoms with Crippen LogP contribution in [0.3, 0.4) is 0 Å². The summed E-state index contributed by atoms with van der Waals surface area (Å²) in [7, 11) is 0. The fourth-order valence-electron chi connectivity index (χ4n) is 1.85. The van der Waals surface area contributed by atoms with Crippen molar-refractivity contribution in [3.63, 3.8) is 0 Å². The van der Waals surface area contributed by atoms with Crippen LogP contribution in [0.25, 0.3) is 21.8 Å². The molecule has 3 aromatic rings. The van der Waals surface area contributed by atoms with Crippen LogP contribution >= 0.6 is 0 Å². The second-order valence-corrected chi connectivity index (χ2v) is 3.69. The minimum atomic E-state index is 1.03. The van der Waals surface area contributed by atoms with Crippen molar-refractivity contribution in [2.24, 2.45) is 0 Å². The smallest absolute Gasteiger partial charge is 0.0712 e. The summed E-state index contributed by atoms with van der Waals surface area (Å²) in [5, 5.41) is 2.33. The van der Waals surface area contributed by atoms with Gasteiger partial charge in [0.2, 0.25) is 0 Å². The van der Waals surface area contributed by atoms with Gasteiger partial charge in [-0.3, -0.25) is 9.97 Å². The molecule has 0 aliphatic heterocycles. The average molecular weight is 194 g/mol. The van der Waals surface area contributed by atoms with Crippen LogP contribution < -0.4 is 0 Å². The maximum absolute atomic E-state index is 4.36. The van der Waals surface area contributed by atoms with Crippen molar-refractivity contribution < 1.29 is 0 Å². The lowest BCUT2D eigenvalue weighted by molar-refractivity contribution is 1.36. The fourth-order valence-corrected chi connectivity index (χ4v) is 1.85. The van der Waals surface area contributed by atoms with Gasteiger partial charge in [0.1, 0.15) is 0 Å². The van der Waals surface area contributed by atoms with Crippen LogP contribution in [0.5, 0.6) is 0 Å². The minimum absolute atomic E-state index is 1.03. The Bertz CT molecular complexity index is 644. The molecule has 72 valence electrons. The van der Waals surface area contributed by atoms with E-state index >= 15 is 0 Å². The first-order valence-corrected chi connectivity index (χ1v) is 4.95. The molecule has 0 atom stereocenters. The van der Waals surface area contributed by atoms with E-state index in [0.717, 1.165) is 16.4 Å². The van der Waals surface area contributed by atoms with E-state index in [1.54, 1.807) is 0 Å². The molecular formula is C13H10N2. The normalized spacial score (nSPS) is 11.0. The Hall–Kier alpha value is -1.96. The molecule has 2 heteroatoms. The van der Waals surface area contributed by atoms with Gasteiger partial charge in [-0.2, -0.15) is 0 Å². The lowest BCUT2D eigenvalue weighted by Gasteiger charge is -2.02. The van der Waals surface area contributed by atoms with E-state index in [0.29, 0.717) is 0 Å². The molecule has 0 unspecified atom stereocenters. The van der Waals surface area contributed by atoms with Crippen molar-refractivity contribution in [2.75, 3.05) is 0 Å². The maximum Gasteiger partial charge on any atom is 0.0712 e. The van der Waals surface area contributed by atoms with Crippen LogP contribution in [-0.4, -0.2) is 9.97 Å². The monoisotopic (exact) mass is 194 g/mol. The van der Waals surface area contributed by atoms with Crippen molar-refractivity contribution in [3.05, 3.63) is 48.3 Å².